The third-order valence-corrected chi connectivity index (χ3v) is 3.93. The molecule has 1 aromatic carbocycles. The second-order valence-corrected chi connectivity index (χ2v) is 5.86. The van der Waals surface area contributed by atoms with Crippen LogP contribution in [0.15, 0.2) is 29.3 Å². The minimum Gasteiger partial charge on any atom is -0.379 e. The Morgan fingerprint density at radius 2 is 2.12 bits per heavy atom. The molecule has 0 aromatic heterocycles. The van der Waals surface area contributed by atoms with Gasteiger partial charge in [0.1, 0.15) is 0 Å². The van der Waals surface area contributed by atoms with Crippen LogP contribution in [0.1, 0.15) is 18.9 Å². The summed E-state index contributed by atoms with van der Waals surface area (Å²) in [6.45, 7) is 8.70. The number of halogens is 1. The van der Waals surface area contributed by atoms with Gasteiger partial charge >= 0.3 is 0 Å². The van der Waals surface area contributed by atoms with Crippen molar-refractivity contribution in [3.63, 3.8) is 0 Å². The molecule has 1 aliphatic heterocycles. The van der Waals surface area contributed by atoms with E-state index >= 15 is 0 Å². The van der Waals surface area contributed by atoms with Gasteiger partial charge in [0.25, 0.3) is 5.69 Å². The molecule has 26 heavy (non-hydrogen) atoms. The summed E-state index contributed by atoms with van der Waals surface area (Å²) in [7, 11) is 0. The molecule has 1 aliphatic rings. The van der Waals surface area contributed by atoms with Crippen molar-refractivity contribution >= 4 is 35.6 Å². The molecule has 8 nitrogen and oxygen atoms in total. The van der Waals surface area contributed by atoms with Crippen LogP contribution >= 0.6 is 24.0 Å². The van der Waals surface area contributed by atoms with Gasteiger partial charge in [-0.15, -0.1) is 24.0 Å². The third-order valence-electron chi connectivity index (χ3n) is 3.93. The minimum atomic E-state index is -0.387. The highest BCUT2D eigenvalue weighted by Crippen LogP contribution is 2.13. The van der Waals surface area contributed by atoms with Gasteiger partial charge in [-0.25, -0.2) is 4.99 Å². The molecule has 0 atom stereocenters. The number of non-ortho nitro benzene ring substituents is 1. The van der Waals surface area contributed by atoms with E-state index in [0.717, 1.165) is 63.9 Å². The average molecular weight is 477 g/mol. The summed E-state index contributed by atoms with van der Waals surface area (Å²) in [4.78, 5) is 17.4. The molecule has 0 radical (unpaired) electrons. The molecule has 1 fully saturated rings. The Labute approximate surface area is 171 Å². The number of rotatable bonds is 8. The van der Waals surface area contributed by atoms with Crippen molar-refractivity contribution in [1.82, 2.24) is 15.5 Å². The smallest absolute Gasteiger partial charge is 0.269 e. The Balaban J connectivity index is 0.00000338. The molecule has 0 amide bonds. The number of nitro benzene ring substituents is 1. The monoisotopic (exact) mass is 477 g/mol. The summed E-state index contributed by atoms with van der Waals surface area (Å²) >= 11 is 0. The molecule has 2 rings (SSSR count). The Hall–Kier alpha value is -1.46. The van der Waals surface area contributed by atoms with Crippen LogP contribution in [-0.4, -0.2) is 61.7 Å². The normalized spacial score (nSPS) is 15.2. The first-order valence-corrected chi connectivity index (χ1v) is 8.74. The van der Waals surface area contributed by atoms with Crippen LogP contribution in [0.4, 0.5) is 5.69 Å². The number of nitrogens with zero attached hydrogens (tertiary/aromatic N) is 3. The molecule has 1 aromatic rings. The summed E-state index contributed by atoms with van der Waals surface area (Å²) in [5, 5.41) is 17.3. The summed E-state index contributed by atoms with van der Waals surface area (Å²) < 4.78 is 5.34. The zero-order valence-corrected chi connectivity index (χ0v) is 17.5. The lowest BCUT2D eigenvalue weighted by Crippen LogP contribution is -2.40. The summed E-state index contributed by atoms with van der Waals surface area (Å²) in [6.07, 6.45) is 1.03. The van der Waals surface area contributed by atoms with E-state index in [-0.39, 0.29) is 34.6 Å². The molecule has 1 saturated heterocycles. The van der Waals surface area contributed by atoms with E-state index in [1.807, 2.05) is 13.0 Å². The fourth-order valence-electron chi connectivity index (χ4n) is 2.61. The third kappa shape index (κ3) is 8.28. The number of hydrogen-bond acceptors (Lipinski definition) is 5. The van der Waals surface area contributed by atoms with E-state index in [0.29, 0.717) is 6.54 Å². The minimum absolute atomic E-state index is 0. The predicted molar refractivity (Wildman–Crippen MR) is 113 cm³/mol. The van der Waals surface area contributed by atoms with Gasteiger partial charge in [0.05, 0.1) is 24.7 Å². The summed E-state index contributed by atoms with van der Waals surface area (Å²) in [5.41, 5.74) is 0.913. The van der Waals surface area contributed by atoms with Crippen molar-refractivity contribution in [2.75, 3.05) is 45.9 Å². The largest absolute Gasteiger partial charge is 0.379 e. The fourth-order valence-corrected chi connectivity index (χ4v) is 2.61. The highest BCUT2D eigenvalue weighted by Gasteiger charge is 2.09. The van der Waals surface area contributed by atoms with Crippen molar-refractivity contribution < 1.29 is 9.66 Å². The Bertz CT molecular complexity index is 579. The number of ether oxygens (including phenoxy) is 1. The van der Waals surface area contributed by atoms with Crippen LogP contribution in [0.2, 0.25) is 0 Å². The van der Waals surface area contributed by atoms with Gasteiger partial charge in [0.2, 0.25) is 0 Å². The second-order valence-electron chi connectivity index (χ2n) is 5.86. The van der Waals surface area contributed by atoms with Crippen molar-refractivity contribution in [2.24, 2.45) is 4.99 Å². The van der Waals surface area contributed by atoms with E-state index in [1.165, 1.54) is 6.07 Å². The van der Waals surface area contributed by atoms with Gasteiger partial charge in [-0.05, 0) is 25.5 Å². The number of nitro groups is 1. The van der Waals surface area contributed by atoms with Crippen LogP contribution in [0.5, 0.6) is 0 Å². The van der Waals surface area contributed by atoms with Gasteiger partial charge in [0.15, 0.2) is 5.96 Å². The maximum absolute atomic E-state index is 10.8. The van der Waals surface area contributed by atoms with E-state index in [9.17, 15) is 10.1 Å². The maximum Gasteiger partial charge on any atom is 0.269 e. The first kappa shape index (κ1) is 22.6. The molecule has 146 valence electrons. The number of benzene rings is 1. The molecule has 1 heterocycles. The Morgan fingerprint density at radius 1 is 1.35 bits per heavy atom. The molecule has 0 aliphatic carbocycles. The number of aliphatic imine (C=N–C) groups is 1. The molecule has 0 bridgehead atoms. The van der Waals surface area contributed by atoms with Crippen molar-refractivity contribution in [2.45, 2.75) is 19.9 Å². The van der Waals surface area contributed by atoms with Crippen LogP contribution in [0.3, 0.4) is 0 Å². The summed E-state index contributed by atoms with van der Waals surface area (Å²) in [6, 6.07) is 6.58. The van der Waals surface area contributed by atoms with E-state index in [2.05, 4.69) is 20.5 Å². The predicted octanol–water partition coefficient (Wildman–Crippen LogP) is 1.99. The maximum atomic E-state index is 10.8. The quantitative estimate of drug-likeness (QED) is 0.149. The van der Waals surface area contributed by atoms with Gasteiger partial charge in [-0.3, -0.25) is 15.0 Å². The van der Waals surface area contributed by atoms with Crippen LogP contribution < -0.4 is 10.6 Å². The van der Waals surface area contributed by atoms with Crippen LogP contribution in [0, 0.1) is 10.1 Å². The Morgan fingerprint density at radius 3 is 2.81 bits per heavy atom. The lowest BCUT2D eigenvalue weighted by atomic mass is 10.2. The molecule has 0 spiro atoms. The first-order valence-electron chi connectivity index (χ1n) is 8.74. The average Bonchev–Trinajstić information content (AvgIpc) is 2.64. The molecule has 0 saturated carbocycles. The van der Waals surface area contributed by atoms with Crippen molar-refractivity contribution in [1.29, 1.82) is 0 Å². The number of morpholine rings is 1. The number of hydrogen-bond donors (Lipinski definition) is 2. The van der Waals surface area contributed by atoms with E-state index < -0.39 is 0 Å². The van der Waals surface area contributed by atoms with E-state index in [1.54, 1.807) is 12.1 Å². The van der Waals surface area contributed by atoms with Crippen molar-refractivity contribution in [3.05, 3.63) is 39.9 Å². The molecular weight excluding hydrogens is 449 g/mol. The van der Waals surface area contributed by atoms with Gasteiger partial charge < -0.3 is 15.4 Å². The molecular formula is C17H28IN5O3. The second kappa shape index (κ2) is 12.8. The lowest BCUT2D eigenvalue weighted by molar-refractivity contribution is -0.384. The lowest BCUT2D eigenvalue weighted by Gasteiger charge is -2.26. The highest BCUT2D eigenvalue weighted by molar-refractivity contribution is 14.0. The zero-order chi connectivity index (χ0) is 17.9. The topological polar surface area (TPSA) is 92.0 Å². The van der Waals surface area contributed by atoms with Gasteiger partial charge in [0, 0.05) is 38.3 Å². The van der Waals surface area contributed by atoms with Gasteiger partial charge in [-0.1, -0.05) is 12.1 Å². The molecule has 0 unspecified atom stereocenters. The van der Waals surface area contributed by atoms with Crippen LogP contribution in [0.25, 0.3) is 0 Å². The van der Waals surface area contributed by atoms with Crippen LogP contribution in [-0.2, 0) is 11.3 Å². The van der Waals surface area contributed by atoms with E-state index in [4.69, 9.17) is 4.74 Å². The molecule has 9 heteroatoms. The van der Waals surface area contributed by atoms with Crippen molar-refractivity contribution in [3.8, 4) is 0 Å². The standard InChI is InChI=1S/C17H27N5O3.HI/c1-2-18-17(19-7-4-8-21-9-11-25-12-10-21)20-14-15-5-3-6-16(13-15)22(23)24;/h3,5-6,13H,2,4,7-12,14H2,1H3,(H2,18,19,20);1H. The zero-order valence-electron chi connectivity index (χ0n) is 15.1. The summed E-state index contributed by atoms with van der Waals surface area (Å²) in [5.74, 6) is 0.732. The highest BCUT2D eigenvalue weighted by atomic mass is 127. The molecule has 2 N–H and O–H groups in total. The number of nitrogens with one attached hydrogen (secondary N) is 2. The first-order chi connectivity index (χ1) is 12.2. The number of guanidine groups is 1. The Kier molecular flexibility index (Phi) is 11.1. The fraction of sp³-hybridized carbons (Fsp3) is 0.588. The SMILES string of the molecule is CCNC(=NCc1cccc([N+](=O)[O-])c1)NCCCN1CCOCC1.I. The van der Waals surface area contributed by atoms with Gasteiger partial charge in [-0.2, -0.15) is 0 Å².